The Hall–Kier alpha value is -2.61. The third-order valence-electron chi connectivity index (χ3n) is 3.83. The Morgan fingerprint density at radius 3 is 2.38 bits per heavy atom. The van der Waals surface area contributed by atoms with Crippen LogP contribution in [-0.2, 0) is 0 Å². The van der Waals surface area contributed by atoms with Gasteiger partial charge < -0.3 is 11.1 Å². The maximum absolute atomic E-state index is 8.37. The highest BCUT2D eigenvalue weighted by molar-refractivity contribution is 6.05. The van der Waals surface area contributed by atoms with Gasteiger partial charge in [0.1, 0.15) is 0 Å². The smallest absolute Gasteiger partial charge is 0.0478 e. The Kier molecular flexibility index (Phi) is 3.69. The normalized spacial score (nSPS) is 17.3. The van der Waals surface area contributed by atoms with Crippen LogP contribution >= 0.6 is 0 Å². The SMILES string of the molecule is N=C(c1ccccc1N)C1C=CC(c2ccccc2)=CC1. The second-order valence-corrected chi connectivity index (χ2v) is 5.23. The van der Waals surface area contributed by atoms with Crippen LogP contribution in [0, 0.1) is 11.3 Å². The lowest BCUT2D eigenvalue weighted by Gasteiger charge is -2.18. The molecule has 0 bridgehead atoms. The summed E-state index contributed by atoms with van der Waals surface area (Å²) in [4.78, 5) is 0. The van der Waals surface area contributed by atoms with Crippen molar-refractivity contribution in [2.24, 2.45) is 5.92 Å². The molecule has 2 aromatic carbocycles. The maximum atomic E-state index is 8.37. The maximum Gasteiger partial charge on any atom is 0.0478 e. The van der Waals surface area contributed by atoms with Crippen molar-refractivity contribution in [3.63, 3.8) is 0 Å². The fourth-order valence-electron chi connectivity index (χ4n) is 2.62. The number of para-hydroxylation sites is 1. The summed E-state index contributed by atoms with van der Waals surface area (Å²) in [5.74, 6) is 0.0992. The summed E-state index contributed by atoms with van der Waals surface area (Å²) in [5, 5.41) is 8.37. The minimum Gasteiger partial charge on any atom is -0.398 e. The molecule has 21 heavy (non-hydrogen) atoms. The lowest BCUT2D eigenvalue weighted by Crippen LogP contribution is -2.15. The molecule has 0 heterocycles. The number of nitrogen functional groups attached to an aromatic ring is 1. The van der Waals surface area contributed by atoms with E-state index in [1.165, 1.54) is 11.1 Å². The average Bonchev–Trinajstić information content (AvgIpc) is 2.56. The summed E-state index contributed by atoms with van der Waals surface area (Å²) in [6.45, 7) is 0. The molecule has 3 N–H and O–H groups in total. The van der Waals surface area contributed by atoms with Gasteiger partial charge in [0, 0.05) is 22.9 Å². The molecule has 2 aromatic rings. The molecule has 2 nitrogen and oxygen atoms in total. The van der Waals surface area contributed by atoms with Gasteiger partial charge in [-0.3, -0.25) is 0 Å². The van der Waals surface area contributed by atoms with Gasteiger partial charge in [-0.15, -0.1) is 0 Å². The molecule has 0 radical (unpaired) electrons. The van der Waals surface area contributed by atoms with Crippen molar-refractivity contribution in [2.75, 3.05) is 5.73 Å². The van der Waals surface area contributed by atoms with E-state index in [-0.39, 0.29) is 5.92 Å². The van der Waals surface area contributed by atoms with E-state index in [0.29, 0.717) is 11.4 Å². The zero-order valence-corrected chi connectivity index (χ0v) is 11.8. The first-order valence-corrected chi connectivity index (χ1v) is 7.13. The Balaban J connectivity index is 1.78. The molecule has 0 aliphatic heterocycles. The Morgan fingerprint density at radius 2 is 1.71 bits per heavy atom. The highest BCUT2D eigenvalue weighted by atomic mass is 14.6. The Morgan fingerprint density at radius 1 is 1.00 bits per heavy atom. The van der Waals surface area contributed by atoms with Crippen LogP contribution in [0.3, 0.4) is 0 Å². The third kappa shape index (κ3) is 2.79. The molecule has 3 rings (SSSR count). The Labute approximate surface area is 125 Å². The number of nitrogens with one attached hydrogen (secondary N) is 1. The van der Waals surface area contributed by atoms with Crippen molar-refractivity contribution in [1.29, 1.82) is 5.41 Å². The van der Waals surface area contributed by atoms with Crippen molar-refractivity contribution < 1.29 is 0 Å². The van der Waals surface area contributed by atoms with Gasteiger partial charge >= 0.3 is 0 Å². The van der Waals surface area contributed by atoms with Crippen LogP contribution in [0.2, 0.25) is 0 Å². The first-order valence-electron chi connectivity index (χ1n) is 7.13. The van der Waals surface area contributed by atoms with Gasteiger partial charge in [-0.05, 0) is 23.6 Å². The van der Waals surface area contributed by atoms with E-state index in [9.17, 15) is 0 Å². The summed E-state index contributed by atoms with van der Waals surface area (Å²) in [6, 6.07) is 17.9. The topological polar surface area (TPSA) is 49.9 Å². The fourth-order valence-corrected chi connectivity index (χ4v) is 2.62. The Bertz CT molecular complexity index is 711. The zero-order valence-electron chi connectivity index (χ0n) is 11.8. The highest BCUT2D eigenvalue weighted by Crippen LogP contribution is 2.27. The number of nitrogens with two attached hydrogens (primary N) is 1. The van der Waals surface area contributed by atoms with Gasteiger partial charge in [-0.1, -0.05) is 66.8 Å². The molecule has 1 unspecified atom stereocenters. The lowest BCUT2D eigenvalue weighted by molar-refractivity contribution is 0.866. The molecule has 104 valence electrons. The van der Waals surface area contributed by atoms with Crippen molar-refractivity contribution in [3.05, 3.63) is 84.0 Å². The molecule has 0 fully saturated rings. The number of anilines is 1. The molecule has 0 amide bonds. The predicted octanol–water partition coefficient (Wildman–Crippen LogP) is 4.30. The first kappa shape index (κ1) is 13.4. The summed E-state index contributed by atoms with van der Waals surface area (Å²) in [5.41, 5.74) is 10.5. The number of rotatable bonds is 3. The molecule has 1 atom stereocenters. The molecular weight excluding hydrogens is 256 g/mol. The molecule has 0 aromatic heterocycles. The summed E-state index contributed by atoms with van der Waals surface area (Å²) in [6.07, 6.45) is 7.26. The van der Waals surface area contributed by atoms with Crippen molar-refractivity contribution in [1.82, 2.24) is 0 Å². The summed E-state index contributed by atoms with van der Waals surface area (Å²) < 4.78 is 0. The van der Waals surface area contributed by atoms with Crippen molar-refractivity contribution in [3.8, 4) is 0 Å². The van der Waals surface area contributed by atoms with Crippen LogP contribution < -0.4 is 5.73 Å². The lowest BCUT2D eigenvalue weighted by atomic mass is 9.87. The van der Waals surface area contributed by atoms with E-state index in [1.54, 1.807) is 0 Å². The highest BCUT2D eigenvalue weighted by Gasteiger charge is 2.17. The predicted molar refractivity (Wildman–Crippen MR) is 89.3 cm³/mol. The van der Waals surface area contributed by atoms with Crippen LogP contribution in [0.15, 0.2) is 72.8 Å². The zero-order chi connectivity index (χ0) is 14.7. The van der Waals surface area contributed by atoms with Crippen molar-refractivity contribution in [2.45, 2.75) is 6.42 Å². The van der Waals surface area contributed by atoms with Crippen molar-refractivity contribution >= 4 is 17.0 Å². The molecule has 1 aliphatic rings. The van der Waals surface area contributed by atoms with E-state index in [0.717, 1.165) is 12.0 Å². The van der Waals surface area contributed by atoms with Crippen LogP contribution in [0.4, 0.5) is 5.69 Å². The van der Waals surface area contributed by atoms with Gasteiger partial charge in [0.05, 0.1) is 0 Å². The quantitative estimate of drug-likeness (QED) is 0.636. The number of hydrogen-bond acceptors (Lipinski definition) is 2. The largest absolute Gasteiger partial charge is 0.398 e. The third-order valence-corrected chi connectivity index (χ3v) is 3.83. The first-order chi connectivity index (χ1) is 10.3. The van der Waals surface area contributed by atoms with Gasteiger partial charge in [0.25, 0.3) is 0 Å². The monoisotopic (exact) mass is 274 g/mol. The minimum absolute atomic E-state index is 0.0992. The van der Waals surface area contributed by atoms with E-state index in [2.05, 4.69) is 30.4 Å². The van der Waals surface area contributed by atoms with Crippen LogP contribution in [0.5, 0.6) is 0 Å². The molecule has 2 heteroatoms. The standard InChI is InChI=1S/C19H18N2/c20-18-9-5-4-8-17(18)19(21)16-12-10-15(11-13-16)14-6-2-1-3-7-14/h1-12,16,21H,13,20H2. The molecule has 0 spiro atoms. The number of allylic oxidation sites excluding steroid dienone is 4. The van der Waals surface area contributed by atoms with Gasteiger partial charge in [0.15, 0.2) is 0 Å². The number of hydrogen-bond donors (Lipinski definition) is 2. The molecule has 0 saturated carbocycles. The van der Waals surface area contributed by atoms with Crippen LogP contribution in [-0.4, -0.2) is 5.71 Å². The van der Waals surface area contributed by atoms with Gasteiger partial charge in [-0.25, -0.2) is 0 Å². The minimum atomic E-state index is 0.0992. The average molecular weight is 274 g/mol. The summed E-state index contributed by atoms with van der Waals surface area (Å²) >= 11 is 0. The van der Waals surface area contributed by atoms with E-state index in [4.69, 9.17) is 11.1 Å². The number of benzene rings is 2. The fraction of sp³-hybridized carbons (Fsp3) is 0.105. The molecule has 0 saturated heterocycles. The summed E-state index contributed by atoms with van der Waals surface area (Å²) in [7, 11) is 0. The molecular formula is C19H18N2. The second kappa shape index (κ2) is 5.80. The molecule has 1 aliphatic carbocycles. The second-order valence-electron chi connectivity index (χ2n) is 5.23. The van der Waals surface area contributed by atoms with Crippen LogP contribution in [0.25, 0.3) is 5.57 Å². The van der Waals surface area contributed by atoms with Gasteiger partial charge in [0.2, 0.25) is 0 Å². The van der Waals surface area contributed by atoms with Gasteiger partial charge in [-0.2, -0.15) is 0 Å². The van der Waals surface area contributed by atoms with E-state index >= 15 is 0 Å². The van der Waals surface area contributed by atoms with Crippen LogP contribution in [0.1, 0.15) is 17.5 Å². The van der Waals surface area contributed by atoms with E-state index in [1.807, 2.05) is 42.5 Å². The van der Waals surface area contributed by atoms with E-state index < -0.39 is 0 Å².